The average molecular weight is 348 g/mol. The van der Waals surface area contributed by atoms with Gasteiger partial charge in [0.2, 0.25) is 0 Å². The zero-order valence-electron chi connectivity index (χ0n) is 14.7. The van der Waals surface area contributed by atoms with Crippen LogP contribution < -0.4 is 5.32 Å². The lowest BCUT2D eigenvalue weighted by Gasteiger charge is -2.39. The van der Waals surface area contributed by atoms with Crippen LogP contribution in [-0.2, 0) is 5.54 Å². The minimum atomic E-state index is -0.152. The molecule has 1 N–H and O–H groups in total. The van der Waals surface area contributed by atoms with Gasteiger partial charge in [-0.3, -0.25) is 0 Å². The highest BCUT2D eigenvalue weighted by Gasteiger charge is 2.40. The molecular formula is C18H26ClN5. The van der Waals surface area contributed by atoms with E-state index in [1.54, 1.807) is 0 Å². The molecule has 0 saturated heterocycles. The van der Waals surface area contributed by atoms with Crippen LogP contribution in [0.3, 0.4) is 0 Å². The van der Waals surface area contributed by atoms with Gasteiger partial charge in [-0.25, -0.2) is 0 Å². The van der Waals surface area contributed by atoms with Crippen LogP contribution >= 0.6 is 11.6 Å². The Hall–Kier alpha value is -1.46. The summed E-state index contributed by atoms with van der Waals surface area (Å²) in [6.45, 7) is 7.50. The summed E-state index contributed by atoms with van der Waals surface area (Å²) < 4.78 is 1.87. The number of halogens is 1. The normalized spacial score (nSPS) is 24.2. The standard InChI is InChI=1S/C18H26ClN5/c1-4-12-20-18(10-8-13(2)9-11-18)17-21-22-23-24(17)16-7-5-6-15(19)14(16)3/h5-7,13,20H,4,8-12H2,1-3H3. The van der Waals surface area contributed by atoms with Crippen molar-refractivity contribution in [1.82, 2.24) is 25.5 Å². The maximum atomic E-state index is 6.31. The maximum Gasteiger partial charge on any atom is 0.176 e. The quantitative estimate of drug-likeness (QED) is 0.887. The Morgan fingerprint density at radius 1 is 1.33 bits per heavy atom. The monoisotopic (exact) mass is 347 g/mol. The number of nitrogens with one attached hydrogen (secondary N) is 1. The molecular weight excluding hydrogens is 322 g/mol. The van der Waals surface area contributed by atoms with Crippen molar-refractivity contribution in [3.63, 3.8) is 0 Å². The highest BCUT2D eigenvalue weighted by molar-refractivity contribution is 6.31. The number of hydrogen-bond acceptors (Lipinski definition) is 4. The van der Waals surface area contributed by atoms with Gasteiger partial charge in [-0.05, 0) is 79.6 Å². The molecule has 1 aromatic carbocycles. The molecule has 24 heavy (non-hydrogen) atoms. The topological polar surface area (TPSA) is 55.6 Å². The third kappa shape index (κ3) is 3.20. The summed E-state index contributed by atoms with van der Waals surface area (Å²) in [7, 11) is 0. The summed E-state index contributed by atoms with van der Waals surface area (Å²) in [4.78, 5) is 0. The summed E-state index contributed by atoms with van der Waals surface area (Å²) in [5.74, 6) is 1.67. The summed E-state index contributed by atoms with van der Waals surface area (Å²) in [6.07, 6.45) is 5.60. The Morgan fingerprint density at radius 2 is 2.08 bits per heavy atom. The summed E-state index contributed by atoms with van der Waals surface area (Å²) in [6, 6.07) is 5.88. The Balaban J connectivity index is 2.04. The van der Waals surface area contributed by atoms with Crippen molar-refractivity contribution in [1.29, 1.82) is 0 Å². The largest absolute Gasteiger partial charge is 0.305 e. The van der Waals surface area contributed by atoms with Crippen LogP contribution in [0.25, 0.3) is 5.69 Å². The van der Waals surface area contributed by atoms with Gasteiger partial charge in [0.1, 0.15) is 0 Å². The first kappa shape index (κ1) is 17.4. The van der Waals surface area contributed by atoms with Crippen molar-refractivity contribution in [2.45, 2.75) is 58.4 Å². The van der Waals surface area contributed by atoms with E-state index in [4.69, 9.17) is 11.6 Å². The smallest absolute Gasteiger partial charge is 0.176 e. The lowest BCUT2D eigenvalue weighted by molar-refractivity contribution is 0.183. The summed E-state index contributed by atoms with van der Waals surface area (Å²) in [5.41, 5.74) is 1.81. The second kappa shape index (κ2) is 7.19. The first-order valence-electron chi connectivity index (χ1n) is 8.87. The van der Waals surface area contributed by atoms with Crippen LogP contribution in [0.1, 0.15) is 57.3 Å². The Bertz CT molecular complexity index is 683. The van der Waals surface area contributed by atoms with Gasteiger partial charge < -0.3 is 5.32 Å². The number of hydrogen-bond donors (Lipinski definition) is 1. The number of aromatic nitrogens is 4. The van der Waals surface area contributed by atoms with E-state index in [0.717, 1.165) is 53.8 Å². The third-order valence-electron chi connectivity index (χ3n) is 5.21. The van der Waals surface area contributed by atoms with Gasteiger partial charge in [-0.15, -0.1) is 5.10 Å². The number of tetrazole rings is 1. The van der Waals surface area contributed by atoms with Gasteiger partial charge in [0, 0.05) is 5.02 Å². The second-order valence-electron chi connectivity index (χ2n) is 6.99. The number of benzene rings is 1. The number of nitrogens with zero attached hydrogens (tertiary/aromatic N) is 4. The number of rotatable bonds is 5. The van der Waals surface area contributed by atoms with Crippen LogP contribution in [0.5, 0.6) is 0 Å². The molecule has 0 bridgehead atoms. The van der Waals surface area contributed by atoms with Crippen molar-refractivity contribution >= 4 is 11.6 Å². The minimum Gasteiger partial charge on any atom is -0.305 e. The fourth-order valence-electron chi connectivity index (χ4n) is 3.57. The van der Waals surface area contributed by atoms with Crippen LogP contribution in [-0.4, -0.2) is 26.8 Å². The molecule has 0 spiro atoms. The minimum absolute atomic E-state index is 0.152. The lowest BCUT2D eigenvalue weighted by atomic mass is 9.76. The van der Waals surface area contributed by atoms with E-state index in [9.17, 15) is 0 Å². The molecule has 0 atom stereocenters. The molecule has 1 saturated carbocycles. The van der Waals surface area contributed by atoms with Crippen molar-refractivity contribution < 1.29 is 0 Å². The molecule has 130 valence electrons. The van der Waals surface area contributed by atoms with E-state index in [0.29, 0.717) is 0 Å². The van der Waals surface area contributed by atoms with Crippen molar-refractivity contribution in [2.75, 3.05) is 6.54 Å². The molecule has 0 amide bonds. The molecule has 0 aliphatic heterocycles. The molecule has 1 heterocycles. The van der Waals surface area contributed by atoms with E-state index in [1.807, 2.05) is 29.8 Å². The molecule has 0 unspecified atom stereocenters. The van der Waals surface area contributed by atoms with Crippen LogP contribution in [0.15, 0.2) is 18.2 Å². The first-order chi connectivity index (χ1) is 11.6. The lowest BCUT2D eigenvalue weighted by Crippen LogP contribution is -2.47. The molecule has 3 rings (SSSR count). The van der Waals surface area contributed by atoms with Crippen LogP contribution in [0.4, 0.5) is 0 Å². The average Bonchev–Trinajstić information content (AvgIpc) is 3.07. The zero-order valence-corrected chi connectivity index (χ0v) is 15.5. The van der Waals surface area contributed by atoms with Crippen molar-refractivity contribution in [3.05, 3.63) is 34.6 Å². The Kier molecular flexibility index (Phi) is 5.21. The maximum absolute atomic E-state index is 6.31. The summed E-state index contributed by atoms with van der Waals surface area (Å²) in [5, 5.41) is 17.2. The molecule has 1 aliphatic rings. The highest BCUT2D eigenvalue weighted by atomic mass is 35.5. The summed E-state index contributed by atoms with van der Waals surface area (Å²) >= 11 is 6.31. The van der Waals surface area contributed by atoms with Crippen LogP contribution in [0.2, 0.25) is 5.02 Å². The molecule has 0 radical (unpaired) electrons. The third-order valence-corrected chi connectivity index (χ3v) is 5.62. The van der Waals surface area contributed by atoms with Gasteiger partial charge in [0.25, 0.3) is 0 Å². The van der Waals surface area contributed by atoms with Crippen molar-refractivity contribution in [2.24, 2.45) is 5.92 Å². The van der Waals surface area contributed by atoms with Gasteiger partial charge >= 0.3 is 0 Å². The van der Waals surface area contributed by atoms with E-state index in [-0.39, 0.29) is 5.54 Å². The predicted octanol–water partition coefficient (Wildman–Crippen LogP) is 4.03. The molecule has 2 aromatic rings. The predicted molar refractivity (Wildman–Crippen MR) is 96.5 cm³/mol. The van der Waals surface area contributed by atoms with E-state index >= 15 is 0 Å². The molecule has 1 aliphatic carbocycles. The fraction of sp³-hybridized carbons (Fsp3) is 0.611. The zero-order chi connectivity index (χ0) is 17.2. The molecule has 1 fully saturated rings. The van der Waals surface area contributed by atoms with E-state index < -0.39 is 0 Å². The first-order valence-corrected chi connectivity index (χ1v) is 9.24. The van der Waals surface area contributed by atoms with Crippen LogP contribution in [0, 0.1) is 12.8 Å². The van der Waals surface area contributed by atoms with Gasteiger partial charge in [-0.2, -0.15) is 4.68 Å². The molecule has 5 nitrogen and oxygen atoms in total. The van der Waals surface area contributed by atoms with Gasteiger partial charge in [-0.1, -0.05) is 31.5 Å². The van der Waals surface area contributed by atoms with E-state index in [2.05, 4.69) is 34.7 Å². The van der Waals surface area contributed by atoms with E-state index in [1.165, 1.54) is 12.8 Å². The highest BCUT2D eigenvalue weighted by Crippen LogP contribution is 2.39. The second-order valence-corrected chi connectivity index (χ2v) is 7.40. The fourth-order valence-corrected chi connectivity index (χ4v) is 3.74. The molecule has 6 heteroatoms. The Morgan fingerprint density at radius 3 is 2.79 bits per heavy atom. The van der Waals surface area contributed by atoms with Crippen molar-refractivity contribution in [3.8, 4) is 5.69 Å². The SMILES string of the molecule is CCCNC1(c2nnnn2-c2cccc(Cl)c2C)CCC(C)CC1. The molecule has 1 aromatic heterocycles. The Labute approximate surface area is 148 Å². The van der Waals surface area contributed by atoms with Gasteiger partial charge in [0.15, 0.2) is 5.82 Å². The van der Waals surface area contributed by atoms with Gasteiger partial charge in [0.05, 0.1) is 11.2 Å².